The summed E-state index contributed by atoms with van der Waals surface area (Å²) in [4.78, 5) is 12.9. The van der Waals surface area contributed by atoms with Crippen molar-refractivity contribution in [1.82, 2.24) is 20.4 Å². The number of hydrogen-bond acceptors (Lipinski definition) is 5. The number of aromatic nitrogens is 3. The Hall–Kier alpha value is -2.38. The van der Waals surface area contributed by atoms with Gasteiger partial charge in [0, 0.05) is 9.92 Å². The molecule has 1 amide bonds. The van der Waals surface area contributed by atoms with Crippen LogP contribution in [0.15, 0.2) is 58.5 Å². The van der Waals surface area contributed by atoms with Gasteiger partial charge in [-0.2, -0.15) is 5.10 Å². The SMILES string of the molecule is CC(Cn1nnc2ccccc21)=NNC(=O)CSc1ccc(Cl)cc1. The van der Waals surface area contributed by atoms with Crippen molar-refractivity contribution in [2.45, 2.75) is 18.4 Å². The first-order chi connectivity index (χ1) is 12.1. The number of hydrogen-bond donors (Lipinski definition) is 1. The standard InChI is InChI=1S/C17H16ClN5OS/c1-12(10-23-16-5-3-2-4-15(16)20-22-23)19-21-17(24)11-25-14-8-6-13(18)7-9-14/h2-9H,10-11H2,1H3,(H,21,24). The second-order valence-corrected chi connectivity index (χ2v) is 6.85. The van der Waals surface area contributed by atoms with Crippen molar-refractivity contribution in [3.05, 3.63) is 53.6 Å². The maximum atomic E-state index is 11.9. The molecule has 1 aromatic heterocycles. The summed E-state index contributed by atoms with van der Waals surface area (Å²) >= 11 is 7.26. The summed E-state index contributed by atoms with van der Waals surface area (Å²) in [6.07, 6.45) is 0. The third kappa shape index (κ3) is 4.80. The van der Waals surface area contributed by atoms with Crippen molar-refractivity contribution in [2.24, 2.45) is 5.10 Å². The second-order valence-electron chi connectivity index (χ2n) is 5.36. The minimum absolute atomic E-state index is 0.164. The fourth-order valence-electron chi connectivity index (χ4n) is 2.16. The molecule has 0 atom stereocenters. The molecule has 3 rings (SSSR count). The van der Waals surface area contributed by atoms with Crippen LogP contribution in [0.1, 0.15) is 6.92 Å². The first-order valence-corrected chi connectivity index (χ1v) is 8.97. The molecule has 1 heterocycles. The lowest BCUT2D eigenvalue weighted by molar-refractivity contribution is -0.118. The number of fused-ring (bicyclic) bond motifs is 1. The molecule has 0 aliphatic carbocycles. The molecule has 0 aliphatic heterocycles. The van der Waals surface area contributed by atoms with Gasteiger partial charge in [-0.1, -0.05) is 28.9 Å². The Morgan fingerprint density at radius 1 is 1.24 bits per heavy atom. The highest BCUT2D eigenvalue weighted by molar-refractivity contribution is 8.00. The molecule has 0 bridgehead atoms. The van der Waals surface area contributed by atoms with E-state index in [9.17, 15) is 4.79 Å². The van der Waals surface area contributed by atoms with Crippen LogP contribution in [0.4, 0.5) is 0 Å². The highest BCUT2D eigenvalue weighted by Crippen LogP contribution is 2.19. The molecule has 128 valence electrons. The number of para-hydroxylation sites is 1. The normalized spacial score (nSPS) is 11.7. The average molecular weight is 374 g/mol. The highest BCUT2D eigenvalue weighted by atomic mass is 35.5. The molecule has 8 heteroatoms. The first kappa shape index (κ1) is 17.4. The molecule has 0 radical (unpaired) electrons. The number of benzene rings is 2. The van der Waals surface area contributed by atoms with E-state index in [1.165, 1.54) is 11.8 Å². The molecule has 0 aliphatic rings. The Labute approximate surface area is 154 Å². The van der Waals surface area contributed by atoms with Gasteiger partial charge in [-0.15, -0.1) is 16.9 Å². The maximum absolute atomic E-state index is 11.9. The predicted octanol–water partition coefficient (Wildman–Crippen LogP) is 3.37. The summed E-state index contributed by atoms with van der Waals surface area (Å²) in [6.45, 7) is 2.30. The van der Waals surface area contributed by atoms with Gasteiger partial charge >= 0.3 is 0 Å². The first-order valence-electron chi connectivity index (χ1n) is 7.60. The molecular weight excluding hydrogens is 358 g/mol. The average Bonchev–Trinajstić information content (AvgIpc) is 3.02. The van der Waals surface area contributed by atoms with Gasteiger partial charge in [0.2, 0.25) is 5.91 Å². The Morgan fingerprint density at radius 2 is 2.00 bits per heavy atom. The van der Waals surface area contributed by atoms with Crippen molar-refractivity contribution >= 4 is 46.0 Å². The summed E-state index contributed by atoms with van der Waals surface area (Å²) in [6, 6.07) is 15.1. The lowest BCUT2D eigenvalue weighted by atomic mass is 10.3. The molecule has 3 aromatic rings. The summed E-state index contributed by atoms with van der Waals surface area (Å²) in [5.74, 6) is 0.118. The Morgan fingerprint density at radius 3 is 2.80 bits per heavy atom. The highest BCUT2D eigenvalue weighted by Gasteiger charge is 2.06. The van der Waals surface area contributed by atoms with Gasteiger partial charge in [0.05, 0.1) is 23.5 Å². The third-order valence-corrected chi connectivity index (χ3v) is 4.62. The summed E-state index contributed by atoms with van der Waals surface area (Å²) < 4.78 is 1.75. The Bertz CT molecular complexity index is 907. The zero-order valence-electron chi connectivity index (χ0n) is 13.5. The fourth-order valence-corrected chi connectivity index (χ4v) is 2.97. The lowest BCUT2D eigenvalue weighted by Gasteiger charge is -2.04. The number of thioether (sulfide) groups is 1. The Balaban J connectivity index is 1.52. The topological polar surface area (TPSA) is 72.2 Å². The molecule has 0 saturated heterocycles. The number of amides is 1. The van der Waals surface area contributed by atoms with Gasteiger partial charge in [-0.05, 0) is 43.3 Å². The van der Waals surface area contributed by atoms with Gasteiger partial charge in [-0.3, -0.25) is 4.79 Å². The van der Waals surface area contributed by atoms with Crippen molar-refractivity contribution in [3.8, 4) is 0 Å². The van der Waals surface area contributed by atoms with Crippen LogP contribution in [0.2, 0.25) is 5.02 Å². The van der Waals surface area contributed by atoms with E-state index < -0.39 is 0 Å². The van der Waals surface area contributed by atoms with Gasteiger partial charge < -0.3 is 0 Å². The van der Waals surface area contributed by atoms with Gasteiger partial charge in [0.25, 0.3) is 0 Å². The molecule has 25 heavy (non-hydrogen) atoms. The molecule has 2 aromatic carbocycles. The van der Waals surface area contributed by atoms with Crippen LogP contribution in [-0.4, -0.2) is 32.4 Å². The van der Waals surface area contributed by atoms with E-state index in [4.69, 9.17) is 11.6 Å². The number of rotatable bonds is 6. The zero-order chi connectivity index (χ0) is 17.6. The van der Waals surface area contributed by atoms with E-state index in [1.54, 1.807) is 16.8 Å². The summed E-state index contributed by atoms with van der Waals surface area (Å²) in [7, 11) is 0. The van der Waals surface area contributed by atoms with Crippen LogP contribution >= 0.6 is 23.4 Å². The van der Waals surface area contributed by atoms with E-state index in [2.05, 4.69) is 20.8 Å². The van der Waals surface area contributed by atoms with E-state index >= 15 is 0 Å². The number of carbonyl (C=O) groups is 1. The van der Waals surface area contributed by atoms with E-state index in [0.29, 0.717) is 11.6 Å². The van der Waals surface area contributed by atoms with E-state index in [0.717, 1.165) is 21.6 Å². The van der Waals surface area contributed by atoms with Crippen molar-refractivity contribution in [3.63, 3.8) is 0 Å². The molecule has 0 saturated carbocycles. The molecular formula is C17H16ClN5OS. The van der Waals surface area contributed by atoms with Crippen LogP contribution in [0.3, 0.4) is 0 Å². The van der Waals surface area contributed by atoms with Gasteiger partial charge in [0.15, 0.2) is 0 Å². The molecule has 1 N–H and O–H groups in total. The molecule has 0 unspecified atom stereocenters. The van der Waals surface area contributed by atoms with Crippen molar-refractivity contribution < 1.29 is 4.79 Å². The quantitative estimate of drug-likeness (QED) is 0.408. The third-order valence-electron chi connectivity index (χ3n) is 3.35. The monoisotopic (exact) mass is 373 g/mol. The summed E-state index contributed by atoms with van der Waals surface area (Å²) in [5, 5.41) is 13.0. The van der Waals surface area contributed by atoms with Crippen LogP contribution < -0.4 is 5.43 Å². The smallest absolute Gasteiger partial charge is 0.250 e. The maximum Gasteiger partial charge on any atom is 0.250 e. The van der Waals surface area contributed by atoms with Crippen LogP contribution in [0, 0.1) is 0 Å². The number of halogens is 1. The van der Waals surface area contributed by atoms with Crippen molar-refractivity contribution in [2.75, 3.05) is 5.75 Å². The van der Waals surface area contributed by atoms with Crippen LogP contribution in [0.25, 0.3) is 11.0 Å². The van der Waals surface area contributed by atoms with Gasteiger partial charge in [-0.25, -0.2) is 10.1 Å². The zero-order valence-corrected chi connectivity index (χ0v) is 15.1. The largest absolute Gasteiger partial charge is 0.272 e. The van der Waals surface area contributed by atoms with Crippen molar-refractivity contribution in [1.29, 1.82) is 0 Å². The summed E-state index contributed by atoms with van der Waals surface area (Å²) in [5.41, 5.74) is 5.07. The number of nitrogens with one attached hydrogen (secondary N) is 1. The molecule has 6 nitrogen and oxygen atoms in total. The lowest BCUT2D eigenvalue weighted by Crippen LogP contribution is -2.22. The fraction of sp³-hybridized carbons (Fsp3) is 0.176. The minimum atomic E-state index is -0.164. The Kier molecular flexibility index (Phi) is 5.67. The number of hydrazone groups is 1. The van der Waals surface area contributed by atoms with Crippen LogP contribution in [-0.2, 0) is 11.3 Å². The second kappa shape index (κ2) is 8.13. The molecule has 0 fully saturated rings. The molecule has 0 spiro atoms. The van der Waals surface area contributed by atoms with Gasteiger partial charge in [0.1, 0.15) is 5.52 Å². The predicted molar refractivity (Wildman–Crippen MR) is 101 cm³/mol. The minimum Gasteiger partial charge on any atom is -0.272 e. The van der Waals surface area contributed by atoms with Crippen LogP contribution in [0.5, 0.6) is 0 Å². The van der Waals surface area contributed by atoms with E-state index in [1.807, 2.05) is 43.3 Å². The number of nitrogens with zero attached hydrogens (tertiary/aromatic N) is 4. The van der Waals surface area contributed by atoms with E-state index in [-0.39, 0.29) is 11.7 Å². The number of carbonyl (C=O) groups excluding carboxylic acids is 1.